The van der Waals surface area contributed by atoms with Crippen molar-refractivity contribution in [2.75, 3.05) is 4.90 Å². The molecule has 0 heterocycles. The summed E-state index contributed by atoms with van der Waals surface area (Å²) in [5.41, 5.74) is 25.8. The quantitative estimate of drug-likeness (QED) is 0.170. The van der Waals surface area contributed by atoms with E-state index in [1.165, 1.54) is 122 Å². The molecule has 71 heavy (non-hydrogen) atoms. The van der Waals surface area contributed by atoms with Gasteiger partial charge in [0.25, 0.3) is 0 Å². The zero-order valence-electron chi connectivity index (χ0n) is 38.8. The maximum Gasteiger partial charge on any atom is 0.0726 e. The second-order valence-electron chi connectivity index (χ2n) is 19.7. The fraction of sp³-hybridized carbons (Fsp3) is 0.0286. The van der Waals surface area contributed by atoms with Crippen molar-refractivity contribution in [3.8, 4) is 55.6 Å². The second-order valence-corrected chi connectivity index (χ2v) is 19.7. The van der Waals surface area contributed by atoms with E-state index in [9.17, 15) is 0 Å². The first-order valence-corrected chi connectivity index (χ1v) is 24.9. The molecule has 0 aromatic heterocycles. The third-order valence-corrected chi connectivity index (χ3v) is 16.7. The standard InChI is InChI=1S/C70H43N/c1-3-23-46-44(20-1)22-17-31-52(46)66-47-24-4-2-21-45(47)42-43-65(66)71(63-40-18-38-61-67(63)53-29-9-15-36-59(53)69(61)55-32-11-5-25-48(55)49-26-6-12-33-56(49)69)64-41-19-39-62-68(64)54-30-10-16-37-60(54)70(62)57-34-13-7-27-50(57)51-28-8-14-35-58(51)70/h1-43H. The van der Waals surface area contributed by atoms with Crippen molar-refractivity contribution in [2.24, 2.45) is 0 Å². The Hall–Kier alpha value is -9.04. The maximum absolute atomic E-state index is 2.67. The van der Waals surface area contributed by atoms with Gasteiger partial charge in [-0.1, -0.05) is 243 Å². The summed E-state index contributed by atoms with van der Waals surface area (Å²) in [5.74, 6) is 0. The molecule has 16 rings (SSSR count). The molecule has 0 saturated carbocycles. The fourth-order valence-corrected chi connectivity index (χ4v) is 14.2. The van der Waals surface area contributed by atoms with Crippen LogP contribution in [0.25, 0.3) is 77.2 Å². The Bertz CT molecular complexity index is 3980. The van der Waals surface area contributed by atoms with Crippen molar-refractivity contribution in [3.05, 3.63) is 305 Å². The first-order chi connectivity index (χ1) is 35.3. The number of nitrogens with zero attached hydrogens (tertiary/aromatic N) is 1. The largest absolute Gasteiger partial charge is 0.309 e. The second kappa shape index (κ2) is 14.3. The highest BCUT2D eigenvalue weighted by Gasteiger charge is 2.54. The molecular formula is C70H43N. The number of fused-ring (bicyclic) bond motifs is 22. The Morgan fingerprint density at radius 1 is 0.197 bits per heavy atom. The molecule has 2 spiro atoms. The van der Waals surface area contributed by atoms with E-state index in [-0.39, 0.29) is 0 Å². The Kier molecular flexibility index (Phi) is 7.81. The summed E-state index contributed by atoms with van der Waals surface area (Å²) in [6.07, 6.45) is 0. The molecule has 0 fully saturated rings. The van der Waals surface area contributed by atoms with Crippen molar-refractivity contribution in [1.29, 1.82) is 0 Å². The van der Waals surface area contributed by atoms with Crippen molar-refractivity contribution in [3.63, 3.8) is 0 Å². The molecule has 12 aromatic rings. The van der Waals surface area contributed by atoms with Gasteiger partial charge in [0.15, 0.2) is 0 Å². The summed E-state index contributed by atoms with van der Waals surface area (Å²) in [4.78, 5) is 2.67. The smallest absolute Gasteiger partial charge is 0.0726 e. The normalized spacial score (nSPS) is 14.1. The Morgan fingerprint density at radius 3 is 0.986 bits per heavy atom. The Morgan fingerprint density at radius 2 is 0.507 bits per heavy atom. The molecule has 0 bridgehead atoms. The van der Waals surface area contributed by atoms with Crippen LogP contribution < -0.4 is 4.90 Å². The lowest BCUT2D eigenvalue weighted by atomic mass is 9.70. The number of anilines is 3. The molecule has 0 saturated heterocycles. The van der Waals surface area contributed by atoms with E-state index in [4.69, 9.17) is 0 Å². The Labute approximate surface area is 413 Å². The van der Waals surface area contributed by atoms with Crippen molar-refractivity contribution < 1.29 is 0 Å². The van der Waals surface area contributed by atoms with Gasteiger partial charge in [-0.25, -0.2) is 0 Å². The van der Waals surface area contributed by atoms with Crippen molar-refractivity contribution >= 4 is 38.6 Å². The van der Waals surface area contributed by atoms with E-state index in [1.54, 1.807) is 0 Å². The maximum atomic E-state index is 2.67. The van der Waals surface area contributed by atoms with Crippen LogP contribution in [-0.4, -0.2) is 0 Å². The van der Waals surface area contributed by atoms with E-state index in [0.717, 1.165) is 17.1 Å². The fourth-order valence-electron chi connectivity index (χ4n) is 14.2. The molecule has 328 valence electrons. The van der Waals surface area contributed by atoms with Crippen LogP contribution in [-0.2, 0) is 10.8 Å². The van der Waals surface area contributed by atoms with Crippen LogP contribution >= 0.6 is 0 Å². The lowest BCUT2D eigenvalue weighted by molar-refractivity contribution is 0.793. The topological polar surface area (TPSA) is 3.24 Å². The number of benzene rings is 12. The van der Waals surface area contributed by atoms with Crippen LogP contribution in [0.3, 0.4) is 0 Å². The number of hydrogen-bond donors (Lipinski definition) is 0. The molecule has 0 radical (unpaired) electrons. The predicted octanol–water partition coefficient (Wildman–Crippen LogP) is 17.8. The summed E-state index contributed by atoms with van der Waals surface area (Å²) in [5, 5.41) is 4.89. The van der Waals surface area contributed by atoms with E-state index >= 15 is 0 Å². The third-order valence-electron chi connectivity index (χ3n) is 16.7. The molecule has 1 nitrogen and oxygen atoms in total. The van der Waals surface area contributed by atoms with Crippen molar-refractivity contribution in [1.82, 2.24) is 0 Å². The van der Waals surface area contributed by atoms with Gasteiger partial charge in [0, 0.05) is 16.7 Å². The average molecular weight is 898 g/mol. The van der Waals surface area contributed by atoms with E-state index in [0.29, 0.717) is 0 Å². The van der Waals surface area contributed by atoms with Gasteiger partial charge >= 0.3 is 0 Å². The number of hydrogen-bond acceptors (Lipinski definition) is 1. The lowest BCUT2D eigenvalue weighted by Gasteiger charge is -2.34. The molecular weight excluding hydrogens is 855 g/mol. The molecule has 0 unspecified atom stereocenters. The molecule has 1 heteroatoms. The summed E-state index contributed by atoms with van der Waals surface area (Å²) in [6, 6.07) is 98.8. The van der Waals surface area contributed by atoms with Crippen LogP contribution in [0, 0.1) is 0 Å². The molecule has 4 aliphatic carbocycles. The van der Waals surface area contributed by atoms with Gasteiger partial charge in [0.2, 0.25) is 0 Å². The van der Waals surface area contributed by atoms with Crippen LogP contribution in [0.5, 0.6) is 0 Å². The van der Waals surface area contributed by atoms with Crippen molar-refractivity contribution in [2.45, 2.75) is 10.8 Å². The highest BCUT2D eigenvalue weighted by Crippen LogP contribution is 2.68. The minimum Gasteiger partial charge on any atom is -0.309 e. The summed E-state index contributed by atoms with van der Waals surface area (Å²) < 4.78 is 0. The molecule has 0 amide bonds. The highest BCUT2D eigenvalue weighted by molar-refractivity contribution is 6.14. The average Bonchev–Trinajstić information content (AvgIpc) is 4.13. The minimum absolute atomic E-state index is 0.505. The van der Waals surface area contributed by atoms with Crippen LogP contribution in [0.2, 0.25) is 0 Å². The summed E-state index contributed by atoms with van der Waals surface area (Å²) in [7, 11) is 0. The molecule has 0 aliphatic heterocycles. The predicted molar refractivity (Wildman–Crippen MR) is 294 cm³/mol. The molecule has 0 atom stereocenters. The van der Waals surface area contributed by atoms with Gasteiger partial charge in [-0.05, 0) is 123 Å². The zero-order valence-corrected chi connectivity index (χ0v) is 38.8. The van der Waals surface area contributed by atoms with Crippen LogP contribution in [0.15, 0.2) is 261 Å². The van der Waals surface area contributed by atoms with Crippen LogP contribution in [0.4, 0.5) is 17.1 Å². The van der Waals surface area contributed by atoms with Gasteiger partial charge in [-0.3, -0.25) is 0 Å². The molecule has 4 aliphatic rings. The van der Waals surface area contributed by atoms with Crippen LogP contribution in [0.1, 0.15) is 44.5 Å². The monoisotopic (exact) mass is 897 g/mol. The lowest BCUT2D eigenvalue weighted by Crippen LogP contribution is -2.26. The molecule has 0 N–H and O–H groups in total. The number of rotatable bonds is 4. The van der Waals surface area contributed by atoms with Gasteiger partial charge in [-0.15, -0.1) is 0 Å². The van der Waals surface area contributed by atoms with E-state index in [2.05, 4.69) is 266 Å². The van der Waals surface area contributed by atoms with E-state index in [1.807, 2.05) is 0 Å². The Balaban J connectivity index is 1.08. The summed E-state index contributed by atoms with van der Waals surface area (Å²) in [6.45, 7) is 0. The SMILES string of the molecule is c1ccc2c(c1)-c1ccccc1C21c2ccccc2-c2c(N(c3cccc4c3-c3ccccc3C43c4ccccc4-c4ccccc43)c3ccc4ccccc4c3-c3cccc4ccccc34)cccc21. The van der Waals surface area contributed by atoms with Gasteiger partial charge < -0.3 is 4.90 Å². The third kappa shape index (κ3) is 4.81. The van der Waals surface area contributed by atoms with Gasteiger partial charge in [0.05, 0.1) is 27.9 Å². The first-order valence-electron chi connectivity index (χ1n) is 24.9. The minimum atomic E-state index is -0.505. The van der Waals surface area contributed by atoms with E-state index < -0.39 is 10.8 Å². The highest BCUT2D eigenvalue weighted by atomic mass is 15.2. The summed E-state index contributed by atoms with van der Waals surface area (Å²) >= 11 is 0. The molecule has 12 aromatic carbocycles. The zero-order chi connectivity index (χ0) is 46.4. The van der Waals surface area contributed by atoms with Gasteiger partial charge in [0.1, 0.15) is 0 Å². The van der Waals surface area contributed by atoms with Gasteiger partial charge in [-0.2, -0.15) is 0 Å². The first kappa shape index (κ1) is 38.9.